The summed E-state index contributed by atoms with van der Waals surface area (Å²) in [6.07, 6.45) is 2.09. The van der Waals surface area contributed by atoms with E-state index in [1.165, 1.54) is 24.2 Å². The van der Waals surface area contributed by atoms with Gasteiger partial charge >= 0.3 is 41.6 Å². The van der Waals surface area contributed by atoms with Crippen LogP contribution in [0.5, 0.6) is 11.5 Å². The molecule has 0 spiro atoms. The Hall–Kier alpha value is -3.14. The molecule has 0 bridgehead atoms. The average Bonchev–Trinajstić information content (AvgIpc) is 2.75. The van der Waals surface area contributed by atoms with Gasteiger partial charge < -0.3 is 25.4 Å². The molecule has 168 valence electrons. The molecule has 3 N–H and O–H groups in total. The summed E-state index contributed by atoms with van der Waals surface area (Å²) >= 11 is 0. The van der Waals surface area contributed by atoms with Crippen molar-refractivity contribution < 1.29 is 29.0 Å². The minimum absolute atomic E-state index is 0. The van der Waals surface area contributed by atoms with E-state index in [-0.39, 0.29) is 29.6 Å². The van der Waals surface area contributed by atoms with Gasteiger partial charge in [0.2, 0.25) is 0 Å². The number of para-hydroxylation sites is 1. The number of urea groups is 1. The maximum absolute atomic E-state index is 12.5. The van der Waals surface area contributed by atoms with Gasteiger partial charge in [-0.05, 0) is 36.2 Å². The number of carbonyl (C=O) groups excluding carboxylic acids is 3. The second-order valence-corrected chi connectivity index (χ2v) is 7.31. The van der Waals surface area contributed by atoms with Crippen molar-refractivity contribution in [3.63, 3.8) is 0 Å². The molecule has 2 aromatic carbocycles. The standard InChI is InChI=1S/C23H23N3O6.Na.H/c1-14-6-3-4-9-19(14)32-16-8-5-7-15(12-16)17(13-20(28)29)24-23(31)25-21-18(27)10-11-26(2)22(21)30;;/h3-12,17,21H,13H2,1-2H3,(H,28,29)(H2,24,25,31);;. The molecule has 0 radical (unpaired) electrons. The summed E-state index contributed by atoms with van der Waals surface area (Å²) in [4.78, 5) is 49.2. The van der Waals surface area contributed by atoms with E-state index in [0.29, 0.717) is 17.1 Å². The molecule has 0 fully saturated rings. The molecule has 0 aliphatic carbocycles. The first-order chi connectivity index (χ1) is 15.2. The second-order valence-electron chi connectivity index (χ2n) is 7.31. The molecule has 10 heteroatoms. The number of benzene rings is 2. The predicted octanol–water partition coefficient (Wildman–Crippen LogP) is 1.88. The molecule has 0 aromatic heterocycles. The summed E-state index contributed by atoms with van der Waals surface area (Å²) in [5.74, 6) is -1.16. The number of aliphatic carboxylic acids is 1. The maximum atomic E-state index is 12.5. The van der Waals surface area contributed by atoms with Crippen LogP contribution in [0.2, 0.25) is 0 Å². The molecule has 0 saturated heterocycles. The van der Waals surface area contributed by atoms with Crippen LogP contribution in [0.25, 0.3) is 0 Å². The number of carbonyl (C=O) groups is 4. The number of nitrogens with zero attached hydrogens (tertiary/aromatic N) is 1. The van der Waals surface area contributed by atoms with E-state index in [1.54, 1.807) is 24.3 Å². The number of likely N-dealkylation sites (N-methyl/N-ethyl adjacent to an activating group) is 1. The van der Waals surface area contributed by atoms with Gasteiger partial charge in [-0.3, -0.25) is 14.4 Å². The first-order valence-corrected chi connectivity index (χ1v) is 9.85. The van der Waals surface area contributed by atoms with E-state index in [9.17, 15) is 24.3 Å². The number of hydrogen-bond acceptors (Lipinski definition) is 5. The molecule has 1 aliphatic heterocycles. The molecule has 2 atom stereocenters. The molecular weight excluding hydrogens is 437 g/mol. The monoisotopic (exact) mass is 461 g/mol. The number of ketones is 1. The van der Waals surface area contributed by atoms with Gasteiger partial charge in [0.25, 0.3) is 5.91 Å². The fraction of sp³-hybridized carbons (Fsp3) is 0.217. The zero-order valence-corrected chi connectivity index (χ0v) is 17.6. The van der Waals surface area contributed by atoms with Gasteiger partial charge in [-0.2, -0.15) is 0 Å². The van der Waals surface area contributed by atoms with E-state index in [2.05, 4.69) is 10.6 Å². The van der Waals surface area contributed by atoms with Crippen LogP contribution in [0.15, 0.2) is 60.8 Å². The van der Waals surface area contributed by atoms with Crippen LogP contribution >= 0.6 is 0 Å². The van der Waals surface area contributed by atoms with Gasteiger partial charge in [-0.1, -0.05) is 30.3 Å². The number of amides is 3. The Bertz CT molecular complexity index is 1090. The van der Waals surface area contributed by atoms with Crippen molar-refractivity contribution in [1.29, 1.82) is 0 Å². The zero-order valence-electron chi connectivity index (χ0n) is 17.6. The van der Waals surface area contributed by atoms with Crippen LogP contribution in [0.3, 0.4) is 0 Å². The summed E-state index contributed by atoms with van der Waals surface area (Å²) in [6, 6.07) is 11.0. The van der Waals surface area contributed by atoms with Crippen molar-refractivity contribution in [2.75, 3.05) is 7.05 Å². The van der Waals surface area contributed by atoms with Gasteiger partial charge in [-0.25, -0.2) is 4.79 Å². The Morgan fingerprint density at radius 3 is 2.58 bits per heavy atom. The first kappa shape index (κ1) is 26.1. The summed E-state index contributed by atoms with van der Waals surface area (Å²) in [7, 11) is 1.46. The van der Waals surface area contributed by atoms with Crippen LogP contribution in [-0.2, 0) is 14.4 Å². The topological polar surface area (TPSA) is 125 Å². The number of carboxylic acids is 1. The minimum atomic E-state index is -1.37. The van der Waals surface area contributed by atoms with Crippen LogP contribution in [0.1, 0.15) is 23.6 Å². The second kappa shape index (κ2) is 11.6. The third kappa shape index (κ3) is 6.92. The molecule has 2 unspecified atom stereocenters. The summed E-state index contributed by atoms with van der Waals surface area (Å²) < 4.78 is 5.89. The molecule has 9 nitrogen and oxygen atoms in total. The number of nitrogens with one attached hydrogen (secondary N) is 2. The molecule has 0 saturated carbocycles. The van der Waals surface area contributed by atoms with E-state index >= 15 is 0 Å². The predicted molar refractivity (Wildman–Crippen MR) is 122 cm³/mol. The van der Waals surface area contributed by atoms with Crippen molar-refractivity contribution in [3.8, 4) is 11.5 Å². The van der Waals surface area contributed by atoms with Crippen molar-refractivity contribution in [2.24, 2.45) is 0 Å². The van der Waals surface area contributed by atoms with Crippen LogP contribution in [0, 0.1) is 6.92 Å². The normalized spacial score (nSPS) is 15.9. The molecule has 3 amide bonds. The van der Waals surface area contributed by atoms with Gasteiger partial charge in [0.1, 0.15) is 11.5 Å². The van der Waals surface area contributed by atoms with Gasteiger partial charge in [0, 0.05) is 19.3 Å². The third-order valence-corrected chi connectivity index (χ3v) is 4.88. The molecule has 3 rings (SSSR count). The number of rotatable bonds is 7. The summed E-state index contributed by atoms with van der Waals surface area (Å²) in [6.45, 7) is 1.90. The molecule has 1 heterocycles. The number of hydrogen-bond donors (Lipinski definition) is 3. The summed E-state index contributed by atoms with van der Waals surface area (Å²) in [5.41, 5.74) is 1.42. The molecule has 2 aromatic rings. The first-order valence-electron chi connectivity index (χ1n) is 9.85. The van der Waals surface area contributed by atoms with Crippen molar-refractivity contribution >= 4 is 53.2 Å². The fourth-order valence-electron chi connectivity index (χ4n) is 3.16. The average molecular weight is 461 g/mol. The van der Waals surface area contributed by atoms with Crippen LogP contribution in [-0.4, -0.2) is 76.3 Å². The van der Waals surface area contributed by atoms with E-state index in [0.717, 1.165) is 5.56 Å². The quantitative estimate of drug-likeness (QED) is 0.427. The SMILES string of the molecule is Cc1ccccc1Oc1cccc(C(CC(=O)O)NC(=O)NC2C(=O)C=CN(C)C2=O)c1.[NaH]. The Kier molecular flexibility index (Phi) is 9.22. The van der Waals surface area contributed by atoms with E-state index < -0.39 is 42.2 Å². The molecular formula is C23H24N3NaO6. The summed E-state index contributed by atoms with van der Waals surface area (Å²) in [5, 5.41) is 14.2. The Balaban J connectivity index is 0.00000385. The van der Waals surface area contributed by atoms with Crippen molar-refractivity contribution in [1.82, 2.24) is 15.5 Å². The fourth-order valence-corrected chi connectivity index (χ4v) is 3.16. The Labute approximate surface area is 213 Å². The van der Waals surface area contributed by atoms with E-state index in [1.807, 2.05) is 31.2 Å². The van der Waals surface area contributed by atoms with Gasteiger partial charge in [-0.15, -0.1) is 0 Å². The van der Waals surface area contributed by atoms with Crippen molar-refractivity contribution in [2.45, 2.75) is 25.4 Å². The van der Waals surface area contributed by atoms with Crippen molar-refractivity contribution in [3.05, 3.63) is 71.9 Å². The number of carboxylic acid groups (broad SMARTS) is 1. The molecule has 33 heavy (non-hydrogen) atoms. The van der Waals surface area contributed by atoms with Crippen LogP contribution < -0.4 is 15.4 Å². The Morgan fingerprint density at radius 2 is 1.88 bits per heavy atom. The van der Waals surface area contributed by atoms with Crippen LogP contribution in [0.4, 0.5) is 4.79 Å². The van der Waals surface area contributed by atoms with E-state index in [4.69, 9.17) is 4.74 Å². The van der Waals surface area contributed by atoms with Gasteiger partial charge in [0.05, 0.1) is 12.5 Å². The number of aryl methyl sites for hydroxylation is 1. The molecule has 1 aliphatic rings. The number of ether oxygens (including phenoxy) is 1. The third-order valence-electron chi connectivity index (χ3n) is 4.88. The van der Waals surface area contributed by atoms with Gasteiger partial charge in [0.15, 0.2) is 11.8 Å². The zero-order chi connectivity index (χ0) is 23.3. The Morgan fingerprint density at radius 1 is 1.15 bits per heavy atom.